The first-order valence-electron chi connectivity index (χ1n) is 7.32. The maximum Gasteiger partial charge on any atom is 0.279 e. The quantitative estimate of drug-likeness (QED) is 0.909. The molecule has 0 bridgehead atoms. The van der Waals surface area contributed by atoms with E-state index in [9.17, 15) is 8.42 Å². The Kier molecular flexibility index (Phi) is 4.79. The van der Waals surface area contributed by atoms with Crippen LogP contribution in [0.3, 0.4) is 0 Å². The zero-order valence-electron chi connectivity index (χ0n) is 12.5. The average molecular weight is 340 g/mol. The SMILES string of the molecule is COC1CCN(S(=O)(=O)NCc2ccc3sccc3c2)CC1. The molecule has 0 aliphatic carbocycles. The lowest BCUT2D eigenvalue weighted by Gasteiger charge is -2.30. The van der Waals surface area contributed by atoms with Gasteiger partial charge in [0.05, 0.1) is 6.10 Å². The highest BCUT2D eigenvalue weighted by atomic mass is 32.2. The fourth-order valence-corrected chi connectivity index (χ4v) is 4.69. The Morgan fingerprint density at radius 3 is 2.82 bits per heavy atom. The van der Waals surface area contributed by atoms with Gasteiger partial charge in [0.1, 0.15) is 0 Å². The largest absolute Gasteiger partial charge is 0.381 e. The van der Waals surface area contributed by atoms with E-state index >= 15 is 0 Å². The molecule has 1 aromatic heterocycles. The predicted octanol–water partition coefficient (Wildman–Crippen LogP) is 2.35. The van der Waals surface area contributed by atoms with Crippen LogP contribution in [-0.2, 0) is 21.5 Å². The molecule has 1 aromatic carbocycles. The molecule has 1 aliphatic heterocycles. The number of nitrogens with zero attached hydrogens (tertiary/aromatic N) is 1. The molecule has 22 heavy (non-hydrogen) atoms. The van der Waals surface area contributed by atoms with Crippen molar-refractivity contribution in [1.29, 1.82) is 0 Å². The number of methoxy groups -OCH3 is 1. The zero-order chi connectivity index (χ0) is 15.6. The number of hydrogen-bond acceptors (Lipinski definition) is 4. The molecular formula is C15H20N2O3S2. The molecular weight excluding hydrogens is 320 g/mol. The fourth-order valence-electron chi connectivity index (χ4n) is 2.70. The van der Waals surface area contributed by atoms with Gasteiger partial charge in [0.25, 0.3) is 10.2 Å². The van der Waals surface area contributed by atoms with E-state index < -0.39 is 10.2 Å². The van der Waals surface area contributed by atoms with Crippen LogP contribution in [0.4, 0.5) is 0 Å². The van der Waals surface area contributed by atoms with Crippen molar-refractivity contribution in [3.63, 3.8) is 0 Å². The van der Waals surface area contributed by atoms with E-state index in [-0.39, 0.29) is 6.10 Å². The van der Waals surface area contributed by atoms with Gasteiger partial charge in [-0.25, -0.2) is 0 Å². The first-order valence-corrected chi connectivity index (χ1v) is 9.64. The molecule has 1 fully saturated rings. The van der Waals surface area contributed by atoms with Gasteiger partial charge in [-0.1, -0.05) is 6.07 Å². The average Bonchev–Trinajstić information content (AvgIpc) is 3.01. The number of hydrogen-bond donors (Lipinski definition) is 1. The molecule has 1 aliphatic rings. The van der Waals surface area contributed by atoms with Crippen LogP contribution in [0.25, 0.3) is 10.1 Å². The molecule has 5 nitrogen and oxygen atoms in total. The summed E-state index contributed by atoms with van der Waals surface area (Å²) in [5.74, 6) is 0. The molecule has 0 saturated carbocycles. The van der Waals surface area contributed by atoms with Crippen LogP contribution in [0.2, 0.25) is 0 Å². The highest BCUT2D eigenvalue weighted by Gasteiger charge is 2.27. The fraction of sp³-hybridized carbons (Fsp3) is 0.467. The number of fused-ring (bicyclic) bond motifs is 1. The summed E-state index contributed by atoms with van der Waals surface area (Å²) in [5.41, 5.74) is 0.973. The number of ether oxygens (including phenoxy) is 1. The summed E-state index contributed by atoms with van der Waals surface area (Å²) in [7, 11) is -1.75. The Morgan fingerprint density at radius 2 is 2.09 bits per heavy atom. The molecule has 0 amide bonds. The van der Waals surface area contributed by atoms with Crippen LogP contribution in [0.5, 0.6) is 0 Å². The third-order valence-corrected chi connectivity index (χ3v) is 6.50. The van der Waals surface area contributed by atoms with Crippen LogP contribution in [0.15, 0.2) is 29.6 Å². The Morgan fingerprint density at radius 1 is 1.32 bits per heavy atom. The lowest BCUT2D eigenvalue weighted by atomic mass is 10.1. The Balaban J connectivity index is 1.62. The van der Waals surface area contributed by atoms with Crippen molar-refractivity contribution >= 4 is 31.6 Å². The minimum Gasteiger partial charge on any atom is -0.381 e. The third kappa shape index (κ3) is 3.49. The van der Waals surface area contributed by atoms with Gasteiger partial charge in [-0.2, -0.15) is 17.4 Å². The monoisotopic (exact) mass is 340 g/mol. The molecule has 2 heterocycles. The van der Waals surface area contributed by atoms with E-state index in [1.165, 1.54) is 9.01 Å². The van der Waals surface area contributed by atoms with Crippen LogP contribution in [0.1, 0.15) is 18.4 Å². The smallest absolute Gasteiger partial charge is 0.279 e. The summed E-state index contributed by atoms with van der Waals surface area (Å²) >= 11 is 1.69. The maximum absolute atomic E-state index is 12.3. The van der Waals surface area contributed by atoms with Crippen molar-refractivity contribution in [2.45, 2.75) is 25.5 Å². The normalized spacial score (nSPS) is 18.0. The lowest BCUT2D eigenvalue weighted by Crippen LogP contribution is -2.46. The van der Waals surface area contributed by atoms with Crippen molar-refractivity contribution in [1.82, 2.24) is 9.03 Å². The Bertz CT molecular complexity index is 734. The van der Waals surface area contributed by atoms with Crippen molar-refractivity contribution in [3.05, 3.63) is 35.2 Å². The third-order valence-electron chi connectivity index (χ3n) is 4.05. The first-order chi connectivity index (χ1) is 10.6. The van der Waals surface area contributed by atoms with Gasteiger partial charge in [0, 0.05) is 31.4 Å². The highest BCUT2D eigenvalue weighted by molar-refractivity contribution is 7.87. The van der Waals surface area contributed by atoms with Crippen molar-refractivity contribution in [2.75, 3.05) is 20.2 Å². The maximum atomic E-state index is 12.3. The Labute approximate surface area is 135 Å². The van der Waals surface area contributed by atoms with Crippen LogP contribution < -0.4 is 4.72 Å². The summed E-state index contributed by atoms with van der Waals surface area (Å²) < 4.78 is 35.4. The van der Waals surface area contributed by atoms with E-state index in [0.717, 1.165) is 23.8 Å². The predicted molar refractivity (Wildman–Crippen MR) is 89.2 cm³/mol. The lowest BCUT2D eigenvalue weighted by molar-refractivity contribution is 0.0602. The molecule has 2 aromatic rings. The number of rotatable bonds is 5. The molecule has 3 rings (SSSR count). The van der Waals surface area contributed by atoms with Gasteiger partial charge in [-0.15, -0.1) is 11.3 Å². The zero-order valence-corrected chi connectivity index (χ0v) is 14.1. The summed E-state index contributed by atoms with van der Waals surface area (Å²) in [4.78, 5) is 0. The molecule has 0 spiro atoms. The van der Waals surface area contributed by atoms with Crippen LogP contribution >= 0.6 is 11.3 Å². The van der Waals surface area contributed by atoms with Crippen LogP contribution in [-0.4, -0.2) is 39.0 Å². The van der Waals surface area contributed by atoms with Crippen LogP contribution in [0, 0.1) is 0 Å². The minimum absolute atomic E-state index is 0.174. The van der Waals surface area contributed by atoms with E-state index in [1.807, 2.05) is 29.6 Å². The molecule has 0 atom stereocenters. The summed E-state index contributed by atoms with van der Waals surface area (Å²) in [6, 6.07) is 8.09. The number of nitrogens with one attached hydrogen (secondary N) is 1. The number of thiophene rings is 1. The summed E-state index contributed by atoms with van der Waals surface area (Å²) in [5, 5.41) is 3.20. The molecule has 7 heteroatoms. The number of benzene rings is 1. The second kappa shape index (κ2) is 6.64. The molecule has 1 saturated heterocycles. The molecule has 0 unspecified atom stereocenters. The summed E-state index contributed by atoms with van der Waals surface area (Å²) in [6.45, 7) is 1.34. The van der Waals surface area contributed by atoms with Gasteiger partial charge in [0.15, 0.2) is 0 Å². The van der Waals surface area contributed by atoms with E-state index in [1.54, 1.807) is 18.4 Å². The van der Waals surface area contributed by atoms with Gasteiger partial charge in [0.2, 0.25) is 0 Å². The minimum atomic E-state index is -3.42. The topological polar surface area (TPSA) is 58.6 Å². The Hall–Kier alpha value is -0.990. The van der Waals surface area contributed by atoms with E-state index in [0.29, 0.717) is 19.6 Å². The second-order valence-electron chi connectivity index (χ2n) is 5.45. The highest BCUT2D eigenvalue weighted by Crippen LogP contribution is 2.22. The van der Waals surface area contributed by atoms with Gasteiger partial charge >= 0.3 is 0 Å². The second-order valence-corrected chi connectivity index (χ2v) is 8.16. The van der Waals surface area contributed by atoms with Crippen molar-refractivity contribution < 1.29 is 13.2 Å². The standard InChI is InChI=1S/C15H20N2O3S2/c1-20-14-4-7-17(8-5-14)22(18,19)16-11-12-2-3-15-13(10-12)6-9-21-15/h2-3,6,9-10,14,16H,4-5,7-8,11H2,1H3. The van der Waals surface area contributed by atoms with Gasteiger partial charge in [-0.3, -0.25) is 0 Å². The molecule has 0 radical (unpaired) electrons. The van der Waals surface area contributed by atoms with Crippen molar-refractivity contribution in [2.24, 2.45) is 0 Å². The summed E-state index contributed by atoms with van der Waals surface area (Å²) in [6.07, 6.45) is 1.67. The van der Waals surface area contributed by atoms with Crippen molar-refractivity contribution in [3.8, 4) is 0 Å². The molecule has 120 valence electrons. The van der Waals surface area contributed by atoms with E-state index in [2.05, 4.69) is 4.72 Å². The van der Waals surface area contributed by atoms with Gasteiger partial charge < -0.3 is 4.74 Å². The molecule has 1 N–H and O–H groups in total. The van der Waals surface area contributed by atoms with Gasteiger partial charge in [-0.05, 0) is 47.4 Å². The van der Waals surface area contributed by atoms with E-state index in [4.69, 9.17) is 4.74 Å². The number of piperidine rings is 1. The first kappa shape index (κ1) is 15.9.